The Hall–Kier alpha value is -1.63. The SMILES string of the molecule is Cl.O=S(=O)(O)c1c[nH]c2c1ccc1cccnc12. The summed E-state index contributed by atoms with van der Waals surface area (Å²) in [6, 6.07) is 7.11. The number of halogens is 1. The number of aromatic amines is 1. The lowest BCUT2D eigenvalue weighted by atomic mass is 10.1. The van der Waals surface area contributed by atoms with Crippen LogP contribution in [0.5, 0.6) is 0 Å². The van der Waals surface area contributed by atoms with E-state index >= 15 is 0 Å². The molecule has 0 aliphatic carbocycles. The van der Waals surface area contributed by atoms with Crippen molar-refractivity contribution in [1.82, 2.24) is 9.97 Å². The number of nitrogens with zero attached hydrogens (tertiary/aromatic N) is 1. The van der Waals surface area contributed by atoms with Crippen molar-refractivity contribution in [3.8, 4) is 0 Å². The first-order valence-electron chi connectivity index (χ1n) is 4.90. The van der Waals surface area contributed by atoms with Gasteiger partial charge in [0, 0.05) is 23.2 Å². The van der Waals surface area contributed by atoms with Gasteiger partial charge in [-0.3, -0.25) is 9.54 Å². The van der Waals surface area contributed by atoms with E-state index in [9.17, 15) is 8.42 Å². The summed E-state index contributed by atoms with van der Waals surface area (Å²) >= 11 is 0. The van der Waals surface area contributed by atoms with Crippen LogP contribution in [-0.4, -0.2) is 22.9 Å². The fraction of sp³-hybridized carbons (Fsp3) is 0. The van der Waals surface area contributed by atoms with E-state index in [2.05, 4.69) is 9.97 Å². The Kier molecular flexibility index (Phi) is 3.02. The summed E-state index contributed by atoms with van der Waals surface area (Å²) in [4.78, 5) is 6.91. The summed E-state index contributed by atoms with van der Waals surface area (Å²) in [7, 11) is -4.21. The van der Waals surface area contributed by atoms with Crippen molar-refractivity contribution in [3.63, 3.8) is 0 Å². The predicted molar refractivity (Wildman–Crippen MR) is 70.7 cm³/mol. The second-order valence-electron chi connectivity index (χ2n) is 3.69. The van der Waals surface area contributed by atoms with E-state index in [0.717, 1.165) is 5.39 Å². The Bertz CT molecular complexity index is 827. The number of aromatic nitrogens is 2. The Morgan fingerprint density at radius 2 is 2.00 bits per heavy atom. The third-order valence-corrected chi connectivity index (χ3v) is 3.56. The number of nitrogens with one attached hydrogen (secondary N) is 1. The van der Waals surface area contributed by atoms with Crippen LogP contribution >= 0.6 is 12.4 Å². The van der Waals surface area contributed by atoms with E-state index in [1.165, 1.54) is 6.20 Å². The van der Waals surface area contributed by atoms with Crippen molar-refractivity contribution in [2.45, 2.75) is 4.90 Å². The van der Waals surface area contributed by atoms with Crippen LogP contribution in [0.4, 0.5) is 0 Å². The molecule has 0 aliphatic rings. The molecule has 2 N–H and O–H groups in total. The van der Waals surface area contributed by atoms with Crippen molar-refractivity contribution >= 4 is 44.3 Å². The third-order valence-electron chi connectivity index (χ3n) is 2.67. The van der Waals surface area contributed by atoms with Crippen LogP contribution in [-0.2, 0) is 10.1 Å². The van der Waals surface area contributed by atoms with Crippen molar-refractivity contribution in [2.75, 3.05) is 0 Å². The second-order valence-corrected chi connectivity index (χ2v) is 5.08. The van der Waals surface area contributed by atoms with Crippen molar-refractivity contribution in [2.24, 2.45) is 0 Å². The Morgan fingerprint density at radius 3 is 2.72 bits per heavy atom. The molecule has 1 aromatic carbocycles. The fourth-order valence-electron chi connectivity index (χ4n) is 1.93. The molecule has 0 spiro atoms. The molecule has 7 heteroatoms. The van der Waals surface area contributed by atoms with Gasteiger partial charge in [0.1, 0.15) is 4.90 Å². The first kappa shape index (κ1) is 12.8. The zero-order valence-corrected chi connectivity index (χ0v) is 10.6. The monoisotopic (exact) mass is 284 g/mol. The summed E-state index contributed by atoms with van der Waals surface area (Å²) in [5, 5.41) is 1.35. The predicted octanol–water partition coefficient (Wildman–Crippen LogP) is 2.38. The highest BCUT2D eigenvalue weighted by Gasteiger charge is 2.16. The third kappa shape index (κ3) is 1.84. The number of benzene rings is 1. The zero-order chi connectivity index (χ0) is 12.0. The largest absolute Gasteiger partial charge is 0.358 e. The maximum Gasteiger partial charge on any atom is 0.296 e. The smallest absolute Gasteiger partial charge is 0.296 e. The highest BCUT2D eigenvalue weighted by molar-refractivity contribution is 7.86. The van der Waals surface area contributed by atoms with Crippen molar-refractivity contribution in [1.29, 1.82) is 0 Å². The topological polar surface area (TPSA) is 83.0 Å². The van der Waals surface area contributed by atoms with Crippen LogP contribution in [0.2, 0.25) is 0 Å². The lowest BCUT2D eigenvalue weighted by Crippen LogP contribution is -1.96. The number of fused-ring (bicyclic) bond motifs is 3. The first-order chi connectivity index (χ1) is 8.07. The maximum atomic E-state index is 11.2. The molecule has 2 heterocycles. The second kappa shape index (κ2) is 4.24. The molecule has 94 valence electrons. The Balaban J connectivity index is 0.00000120. The molecule has 2 aromatic heterocycles. The van der Waals surface area contributed by atoms with E-state index in [1.54, 1.807) is 24.4 Å². The number of hydrogen-bond acceptors (Lipinski definition) is 3. The molecule has 0 saturated heterocycles. The van der Waals surface area contributed by atoms with Gasteiger partial charge < -0.3 is 4.98 Å². The standard InChI is InChI=1S/C11H8N2O3S.ClH/c14-17(15,16)9-6-13-11-8(9)4-3-7-2-1-5-12-10(7)11;/h1-6,13H,(H,14,15,16);1H. The Labute approximate surface area is 109 Å². The molecule has 5 nitrogen and oxygen atoms in total. The van der Waals surface area contributed by atoms with Gasteiger partial charge in [-0.1, -0.05) is 18.2 Å². The summed E-state index contributed by atoms with van der Waals surface area (Å²) in [6.45, 7) is 0. The molecule has 0 bridgehead atoms. The summed E-state index contributed by atoms with van der Waals surface area (Å²) < 4.78 is 31.4. The molecule has 0 fully saturated rings. The molecule has 0 atom stereocenters. The van der Waals surface area contributed by atoms with E-state index in [4.69, 9.17) is 4.55 Å². The van der Waals surface area contributed by atoms with Gasteiger partial charge in [0.15, 0.2) is 0 Å². The van der Waals surface area contributed by atoms with E-state index in [0.29, 0.717) is 16.4 Å². The number of hydrogen-bond donors (Lipinski definition) is 2. The van der Waals surface area contributed by atoms with Crippen LogP contribution in [0.25, 0.3) is 21.8 Å². The molecule has 0 radical (unpaired) electrons. The van der Waals surface area contributed by atoms with E-state index < -0.39 is 10.1 Å². The summed E-state index contributed by atoms with van der Waals surface area (Å²) in [6.07, 6.45) is 2.91. The normalized spacial score (nSPS) is 11.6. The molecule has 0 saturated carbocycles. The van der Waals surface area contributed by atoms with E-state index in [-0.39, 0.29) is 17.3 Å². The molecule has 18 heavy (non-hydrogen) atoms. The van der Waals surface area contributed by atoms with E-state index in [1.807, 2.05) is 6.07 Å². The lowest BCUT2D eigenvalue weighted by molar-refractivity contribution is 0.484. The molecule has 0 aliphatic heterocycles. The van der Waals surface area contributed by atoms with Gasteiger partial charge in [-0.15, -0.1) is 12.4 Å². The maximum absolute atomic E-state index is 11.2. The minimum atomic E-state index is -4.21. The first-order valence-corrected chi connectivity index (χ1v) is 6.34. The van der Waals surface area contributed by atoms with Gasteiger partial charge >= 0.3 is 0 Å². The van der Waals surface area contributed by atoms with Gasteiger partial charge in [-0.05, 0) is 6.07 Å². The van der Waals surface area contributed by atoms with Gasteiger partial charge in [0.25, 0.3) is 10.1 Å². The highest BCUT2D eigenvalue weighted by Crippen LogP contribution is 2.27. The summed E-state index contributed by atoms with van der Waals surface area (Å²) in [5.41, 5.74) is 1.29. The van der Waals surface area contributed by atoms with Crippen LogP contribution in [0.3, 0.4) is 0 Å². The summed E-state index contributed by atoms with van der Waals surface area (Å²) in [5.74, 6) is 0. The fourth-order valence-corrected chi connectivity index (χ4v) is 2.58. The van der Waals surface area contributed by atoms with Gasteiger partial charge in [-0.25, -0.2) is 0 Å². The average Bonchev–Trinajstić information content (AvgIpc) is 2.72. The average molecular weight is 285 g/mol. The van der Waals surface area contributed by atoms with Crippen LogP contribution < -0.4 is 0 Å². The van der Waals surface area contributed by atoms with Crippen LogP contribution in [0, 0.1) is 0 Å². The van der Waals surface area contributed by atoms with Crippen molar-refractivity contribution in [3.05, 3.63) is 36.7 Å². The van der Waals surface area contributed by atoms with Gasteiger partial charge in [0.05, 0.1) is 11.0 Å². The number of H-pyrrole nitrogens is 1. The molecular weight excluding hydrogens is 276 g/mol. The molecule has 3 rings (SSSR count). The van der Waals surface area contributed by atoms with Crippen LogP contribution in [0.15, 0.2) is 41.6 Å². The minimum absolute atomic E-state index is 0. The number of rotatable bonds is 1. The highest BCUT2D eigenvalue weighted by atomic mass is 35.5. The lowest BCUT2D eigenvalue weighted by Gasteiger charge is -1.98. The molecule has 0 unspecified atom stereocenters. The molecular formula is C11H9ClN2O3S. The number of pyridine rings is 1. The Morgan fingerprint density at radius 1 is 1.22 bits per heavy atom. The minimum Gasteiger partial charge on any atom is -0.358 e. The van der Waals surface area contributed by atoms with Crippen LogP contribution in [0.1, 0.15) is 0 Å². The van der Waals surface area contributed by atoms with Crippen molar-refractivity contribution < 1.29 is 13.0 Å². The zero-order valence-electron chi connectivity index (χ0n) is 8.99. The molecule has 0 amide bonds. The van der Waals surface area contributed by atoms with Gasteiger partial charge in [-0.2, -0.15) is 8.42 Å². The van der Waals surface area contributed by atoms with Gasteiger partial charge in [0.2, 0.25) is 0 Å². The quantitative estimate of drug-likeness (QED) is 0.672. The molecule has 3 aromatic rings.